The molecule has 0 spiro atoms. The summed E-state index contributed by atoms with van der Waals surface area (Å²) in [5.74, 6) is -1.48. The Labute approximate surface area is 125 Å². The third-order valence-corrected chi connectivity index (χ3v) is 5.54. The monoisotopic (exact) mass is 298 g/mol. The van der Waals surface area contributed by atoms with Gasteiger partial charge in [0, 0.05) is 31.0 Å². The van der Waals surface area contributed by atoms with Crippen LogP contribution >= 0.6 is 0 Å². The van der Waals surface area contributed by atoms with Gasteiger partial charge in [-0.3, -0.25) is 9.59 Å². The Morgan fingerprint density at radius 2 is 2.05 bits per heavy atom. The molecule has 2 fully saturated rings. The van der Waals surface area contributed by atoms with Gasteiger partial charge in [0.2, 0.25) is 5.91 Å². The van der Waals surface area contributed by atoms with Gasteiger partial charge >= 0.3 is 5.97 Å². The number of aliphatic carboxylic acids is 1. The highest BCUT2D eigenvalue weighted by molar-refractivity contribution is 5.90. The SMILES string of the molecule is CCOC1CC(N)(C(=O)N2CCC(C(=O)O)C2C)C1(C)C. The van der Waals surface area contributed by atoms with Crippen molar-refractivity contribution < 1.29 is 19.4 Å². The van der Waals surface area contributed by atoms with Gasteiger partial charge in [-0.2, -0.15) is 0 Å². The number of rotatable bonds is 4. The van der Waals surface area contributed by atoms with Gasteiger partial charge < -0.3 is 20.5 Å². The van der Waals surface area contributed by atoms with Crippen molar-refractivity contribution in [1.82, 2.24) is 4.90 Å². The van der Waals surface area contributed by atoms with Gasteiger partial charge in [-0.15, -0.1) is 0 Å². The van der Waals surface area contributed by atoms with Crippen molar-refractivity contribution in [3.63, 3.8) is 0 Å². The van der Waals surface area contributed by atoms with E-state index >= 15 is 0 Å². The molecule has 120 valence electrons. The van der Waals surface area contributed by atoms with Crippen LogP contribution < -0.4 is 5.73 Å². The number of carbonyl (C=O) groups is 2. The topological polar surface area (TPSA) is 92.9 Å². The predicted molar refractivity (Wildman–Crippen MR) is 77.6 cm³/mol. The molecule has 6 heteroatoms. The van der Waals surface area contributed by atoms with Crippen molar-refractivity contribution in [2.24, 2.45) is 17.1 Å². The maximum absolute atomic E-state index is 12.8. The number of nitrogens with zero attached hydrogens (tertiary/aromatic N) is 1. The summed E-state index contributed by atoms with van der Waals surface area (Å²) in [5, 5.41) is 9.18. The van der Waals surface area contributed by atoms with E-state index in [0.717, 1.165) is 0 Å². The first-order chi connectivity index (χ1) is 9.66. The van der Waals surface area contributed by atoms with Gasteiger partial charge in [0.1, 0.15) is 5.54 Å². The van der Waals surface area contributed by atoms with E-state index in [1.54, 1.807) is 11.8 Å². The number of carboxylic acid groups (broad SMARTS) is 1. The third-order valence-electron chi connectivity index (χ3n) is 5.54. The quantitative estimate of drug-likeness (QED) is 0.802. The summed E-state index contributed by atoms with van der Waals surface area (Å²) in [5.41, 5.74) is 4.98. The summed E-state index contributed by atoms with van der Waals surface area (Å²) in [4.78, 5) is 25.7. The summed E-state index contributed by atoms with van der Waals surface area (Å²) in [6.07, 6.45) is 0.964. The van der Waals surface area contributed by atoms with Crippen LogP contribution in [0.2, 0.25) is 0 Å². The van der Waals surface area contributed by atoms with Crippen molar-refractivity contribution >= 4 is 11.9 Å². The second kappa shape index (κ2) is 5.25. The van der Waals surface area contributed by atoms with E-state index in [1.165, 1.54) is 0 Å². The second-order valence-electron chi connectivity index (χ2n) is 6.81. The van der Waals surface area contributed by atoms with E-state index in [1.807, 2.05) is 20.8 Å². The zero-order valence-electron chi connectivity index (χ0n) is 13.3. The fourth-order valence-electron chi connectivity index (χ4n) is 3.61. The molecule has 1 heterocycles. The lowest BCUT2D eigenvalue weighted by molar-refractivity contribution is -0.180. The van der Waals surface area contributed by atoms with E-state index in [-0.39, 0.29) is 18.1 Å². The molecule has 4 atom stereocenters. The Morgan fingerprint density at radius 1 is 1.43 bits per heavy atom. The van der Waals surface area contributed by atoms with E-state index in [2.05, 4.69) is 0 Å². The minimum atomic E-state index is -0.964. The number of amides is 1. The predicted octanol–water partition coefficient (Wildman–Crippen LogP) is 0.841. The molecule has 1 saturated heterocycles. The van der Waals surface area contributed by atoms with Crippen molar-refractivity contribution in [3.05, 3.63) is 0 Å². The zero-order chi connectivity index (χ0) is 16.0. The molecule has 2 rings (SSSR count). The molecule has 4 unspecified atom stereocenters. The molecule has 6 nitrogen and oxygen atoms in total. The summed E-state index contributed by atoms with van der Waals surface area (Å²) in [6.45, 7) is 8.67. The lowest BCUT2D eigenvalue weighted by Gasteiger charge is -2.58. The molecule has 1 aliphatic carbocycles. The molecule has 1 aliphatic heterocycles. The minimum Gasteiger partial charge on any atom is -0.481 e. The number of likely N-dealkylation sites (tertiary alicyclic amines) is 1. The molecule has 0 radical (unpaired) electrons. The van der Waals surface area contributed by atoms with Crippen molar-refractivity contribution in [2.45, 2.75) is 58.2 Å². The summed E-state index contributed by atoms with van der Waals surface area (Å²) < 4.78 is 5.64. The number of nitrogens with two attached hydrogens (primary N) is 1. The lowest BCUT2D eigenvalue weighted by Crippen LogP contribution is -2.76. The van der Waals surface area contributed by atoms with Crippen LogP contribution in [0, 0.1) is 11.3 Å². The van der Waals surface area contributed by atoms with E-state index in [0.29, 0.717) is 26.0 Å². The Balaban J connectivity index is 2.13. The Hall–Kier alpha value is -1.14. The number of ether oxygens (including phenoxy) is 1. The van der Waals surface area contributed by atoms with Crippen LogP contribution in [0.3, 0.4) is 0 Å². The van der Waals surface area contributed by atoms with Crippen LogP contribution in [0.15, 0.2) is 0 Å². The minimum absolute atomic E-state index is 0.0235. The van der Waals surface area contributed by atoms with Crippen LogP contribution in [-0.4, -0.2) is 52.7 Å². The van der Waals surface area contributed by atoms with E-state index in [9.17, 15) is 14.7 Å². The van der Waals surface area contributed by atoms with Crippen LogP contribution in [0.4, 0.5) is 0 Å². The number of carboxylic acids is 1. The summed E-state index contributed by atoms with van der Waals surface area (Å²) >= 11 is 0. The Morgan fingerprint density at radius 3 is 2.48 bits per heavy atom. The molecule has 2 aliphatic rings. The smallest absolute Gasteiger partial charge is 0.308 e. The maximum atomic E-state index is 12.8. The molecule has 0 bridgehead atoms. The molecular weight excluding hydrogens is 272 g/mol. The fourth-order valence-corrected chi connectivity index (χ4v) is 3.61. The first-order valence-electron chi connectivity index (χ1n) is 7.61. The van der Waals surface area contributed by atoms with Crippen LogP contribution in [0.25, 0.3) is 0 Å². The first-order valence-corrected chi connectivity index (χ1v) is 7.61. The lowest BCUT2D eigenvalue weighted by atomic mass is 9.54. The molecule has 0 aromatic rings. The molecule has 1 saturated carbocycles. The standard InChI is InChI=1S/C15H26N2O4/c1-5-21-11-8-15(16,14(11,3)4)13(20)17-7-6-10(9(17)2)12(18)19/h9-11H,5-8,16H2,1-4H3,(H,18,19). The molecule has 3 N–H and O–H groups in total. The van der Waals surface area contributed by atoms with Crippen LogP contribution in [-0.2, 0) is 14.3 Å². The third kappa shape index (κ3) is 2.25. The van der Waals surface area contributed by atoms with Gasteiger partial charge in [0.15, 0.2) is 0 Å². The summed E-state index contributed by atoms with van der Waals surface area (Å²) in [6, 6.07) is -0.308. The molecule has 0 aromatic heterocycles. The average Bonchev–Trinajstić information content (AvgIpc) is 2.79. The maximum Gasteiger partial charge on any atom is 0.308 e. The van der Waals surface area contributed by atoms with Crippen LogP contribution in [0.5, 0.6) is 0 Å². The fraction of sp³-hybridized carbons (Fsp3) is 0.867. The highest BCUT2D eigenvalue weighted by Crippen LogP contribution is 2.51. The second-order valence-corrected chi connectivity index (χ2v) is 6.81. The Bertz CT molecular complexity index is 451. The summed E-state index contributed by atoms with van der Waals surface area (Å²) in [7, 11) is 0. The average molecular weight is 298 g/mol. The van der Waals surface area contributed by atoms with Gasteiger partial charge in [0.25, 0.3) is 0 Å². The van der Waals surface area contributed by atoms with Gasteiger partial charge in [-0.1, -0.05) is 13.8 Å². The number of hydrogen-bond acceptors (Lipinski definition) is 4. The molecule has 21 heavy (non-hydrogen) atoms. The largest absolute Gasteiger partial charge is 0.481 e. The molecule has 0 aromatic carbocycles. The van der Waals surface area contributed by atoms with Crippen LogP contribution in [0.1, 0.15) is 40.5 Å². The molecule has 1 amide bonds. The highest BCUT2D eigenvalue weighted by atomic mass is 16.5. The number of hydrogen-bond donors (Lipinski definition) is 2. The Kier molecular flexibility index (Phi) is 4.06. The van der Waals surface area contributed by atoms with Crippen molar-refractivity contribution in [3.8, 4) is 0 Å². The van der Waals surface area contributed by atoms with Gasteiger partial charge in [-0.05, 0) is 20.3 Å². The van der Waals surface area contributed by atoms with E-state index < -0.39 is 22.8 Å². The van der Waals surface area contributed by atoms with E-state index in [4.69, 9.17) is 10.5 Å². The first kappa shape index (κ1) is 16.2. The highest BCUT2D eigenvalue weighted by Gasteiger charge is 2.64. The zero-order valence-corrected chi connectivity index (χ0v) is 13.3. The van der Waals surface area contributed by atoms with Crippen molar-refractivity contribution in [2.75, 3.05) is 13.2 Å². The van der Waals surface area contributed by atoms with Gasteiger partial charge in [0.05, 0.1) is 12.0 Å². The van der Waals surface area contributed by atoms with Gasteiger partial charge in [-0.25, -0.2) is 0 Å². The normalized spacial score (nSPS) is 38.1. The number of carbonyl (C=O) groups excluding carboxylic acids is 1. The molecular formula is C15H26N2O4. The van der Waals surface area contributed by atoms with Crippen molar-refractivity contribution in [1.29, 1.82) is 0 Å².